The van der Waals surface area contributed by atoms with Crippen molar-refractivity contribution in [1.29, 1.82) is 0 Å². The second kappa shape index (κ2) is 18.0. The number of alkyl carbamates (subject to hydrolysis) is 3. The maximum atomic E-state index is 12.3. The molecule has 3 rings (SSSR count). The number of fused-ring (bicyclic) bond motifs is 1. The Bertz CT molecular complexity index is 1220. The molecule has 3 amide bonds. The quantitative estimate of drug-likeness (QED) is 0.0964. The van der Waals surface area contributed by atoms with Crippen LogP contribution in [0.4, 0.5) is 14.4 Å². The van der Waals surface area contributed by atoms with Gasteiger partial charge in [0.05, 0.1) is 26.9 Å². The third kappa shape index (κ3) is 13.6. The predicted octanol–water partition coefficient (Wildman–Crippen LogP) is 2.82. The zero-order valence-corrected chi connectivity index (χ0v) is 28.6. The number of benzene rings is 1. The van der Waals surface area contributed by atoms with Gasteiger partial charge < -0.3 is 43.2 Å². The first kappa shape index (κ1) is 38.5. The fourth-order valence-electron chi connectivity index (χ4n) is 4.55. The van der Waals surface area contributed by atoms with Gasteiger partial charge >= 0.3 is 24.2 Å². The van der Waals surface area contributed by atoms with Gasteiger partial charge in [-0.1, -0.05) is 30.3 Å². The standard InChI is InChI=1S/C32H48N4O12/c1-31(2,3)47-29(39)35-27(36-30(40)48-32(4,5)6)33-14-11-15-42-22-18-44-25-23(19-45-24(22)25)43-17-21(26(37)41-7)34-28(38)46-16-20-12-9-8-10-13-20/h8-10,12-13,21-25H,11,14-19H2,1-7H3,(H,34,38)(H2,33,35,36,39,40)/t21-,22-,23-,24+,25+/m0/s1. The normalized spacial score (nSPS) is 20.9. The second-order valence-electron chi connectivity index (χ2n) is 13.0. The molecule has 2 heterocycles. The number of hydrogen-bond acceptors (Lipinski definition) is 13. The molecule has 2 saturated heterocycles. The van der Waals surface area contributed by atoms with Gasteiger partial charge in [0.2, 0.25) is 5.96 Å². The Labute approximate surface area is 280 Å². The van der Waals surface area contributed by atoms with Crippen molar-refractivity contribution in [1.82, 2.24) is 16.0 Å². The molecule has 0 spiro atoms. The van der Waals surface area contributed by atoms with Gasteiger partial charge in [-0.2, -0.15) is 0 Å². The Morgan fingerprint density at radius 2 is 1.42 bits per heavy atom. The van der Waals surface area contributed by atoms with Crippen LogP contribution in [-0.2, 0) is 49.3 Å². The third-order valence-electron chi connectivity index (χ3n) is 6.57. The minimum absolute atomic E-state index is 0.0380. The fourth-order valence-corrected chi connectivity index (χ4v) is 4.55. The van der Waals surface area contributed by atoms with Gasteiger partial charge in [-0.15, -0.1) is 0 Å². The molecule has 0 aliphatic carbocycles. The molecule has 1 aromatic carbocycles. The molecule has 268 valence electrons. The summed E-state index contributed by atoms with van der Waals surface area (Å²) >= 11 is 0. The number of nitrogens with zero attached hydrogens (tertiary/aromatic N) is 1. The molecule has 16 nitrogen and oxygen atoms in total. The van der Waals surface area contributed by atoms with Crippen molar-refractivity contribution < 1.29 is 57.1 Å². The van der Waals surface area contributed by atoms with Crippen molar-refractivity contribution in [3.8, 4) is 0 Å². The van der Waals surface area contributed by atoms with Gasteiger partial charge in [0.1, 0.15) is 42.2 Å². The molecule has 0 aromatic heterocycles. The monoisotopic (exact) mass is 680 g/mol. The zero-order chi connectivity index (χ0) is 35.3. The number of nitrogens with one attached hydrogen (secondary N) is 3. The molecule has 0 saturated carbocycles. The summed E-state index contributed by atoms with van der Waals surface area (Å²) < 4.78 is 44.2. The molecule has 2 aliphatic heterocycles. The third-order valence-corrected chi connectivity index (χ3v) is 6.57. The Morgan fingerprint density at radius 1 is 0.854 bits per heavy atom. The molecule has 2 fully saturated rings. The summed E-state index contributed by atoms with van der Waals surface area (Å²) in [6.07, 6.45) is -3.66. The first-order valence-corrected chi connectivity index (χ1v) is 15.7. The van der Waals surface area contributed by atoms with Crippen LogP contribution in [-0.4, -0.2) is 112 Å². The molecule has 1 aromatic rings. The van der Waals surface area contributed by atoms with Crippen LogP contribution in [0.25, 0.3) is 0 Å². The van der Waals surface area contributed by atoms with Gasteiger partial charge in [0, 0.05) is 13.2 Å². The van der Waals surface area contributed by atoms with Crippen molar-refractivity contribution in [2.45, 2.75) is 96.2 Å². The number of aliphatic imine (C=N–C) groups is 1. The maximum absolute atomic E-state index is 12.3. The molecular weight excluding hydrogens is 632 g/mol. The summed E-state index contributed by atoms with van der Waals surface area (Å²) in [4.78, 5) is 53.5. The fraction of sp³-hybridized carbons (Fsp3) is 0.656. The summed E-state index contributed by atoms with van der Waals surface area (Å²) in [5.41, 5.74) is -0.705. The van der Waals surface area contributed by atoms with Crippen molar-refractivity contribution in [2.75, 3.05) is 40.1 Å². The number of guanidine groups is 1. The first-order chi connectivity index (χ1) is 22.6. The maximum Gasteiger partial charge on any atom is 0.414 e. The number of carbonyl (C=O) groups is 4. The summed E-state index contributed by atoms with van der Waals surface area (Å²) in [6.45, 7) is 11.1. The number of esters is 1. The minimum Gasteiger partial charge on any atom is -0.467 e. The van der Waals surface area contributed by atoms with Crippen LogP contribution in [0.2, 0.25) is 0 Å². The predicted molar refractivity (Wildman–Crippen MR) is 170 cm³/mol. The lowest BCUT2D eigenvalue weighted by Gasteiger charge is -2.22. The number of ether oxygens (including phenoxy) is 8. The van der Waals surface area contributed by atoms with Gasteiger partial charge in [-0.3, -0.25) is 15.6 Å². The molecule has 16 heteroatoms. The number of carbonyl (C=O) groups excluding carboxylic acids is 4. The topological polar surface area (TPSA) is 191 Å². The molecule has 0 bridgehead atoms. The number of amides is 3. The van der Waals surface area contributed by atoms with Crippen LogP contribution >= 0.6 is 0 Å². The van der Waals surface area contributed by atoms with Gasteiger partial charge in [0.25, 0.3) is 0 Å². The van der Waals surface area contributed by atoms with E-state index in [0.29, 0.717) is 6.42 Å². The van der Waals surface area contributed by atoms with Crippen LogP contribution in [0.1, 0.15) is 53.5 Å². The van der Waals surface area contributed by atoms with Crippen LogP contribution < -0.4 is 16.0 Å². The van der Waals surface area contributed by atoms with Crippen LogP contribution in [0.15, 0.2) is 35.3 Å². The zero-order valence-electron chi connectivity index (χ0n) is 28.6. The van der Waals surface area contributed by atoms with Gasteiger partial charge in [-0.25, -0.2) is 19.2 Å². The molecule has 5 atom stereocenters. The van der Waals surface area contributed by atoms with Crippen molar-refractivity contribution in [2.24, 2.45) is 4.99 Å². The average molecular weight is 681 g/mol. The van der Waals surface area contributed by atoms with E-state index in [9.17, 15) is 19.2 Å². The lowest BCUT2D eigenvalue weighted by molar-refractivity contribution is -0.146. The SMILES string of the molecule is COC(=O)[C@H](CO[C@H]1CO[C@H]2[C@@H]1OC[C@@H]2OCCCN=C(NC(=O)OC(C)(C)C)NC(=O)OC(C)(C)C)NC(=O)OCc1ccccc1. The summed E-state index contributed by atoms with van der Waals surface area (Å²) in [5, 5.41) is 7.35. The highest BCUT2D eigenvalue weighted by Gasteiger charge is 2.49. The van der Waals surface area contributed by atoms with Gasteiger partial charge in [0.15, 0.2) is 6.04 Å². The first-order valence-electron chi connectivity index (χ1n) is 15.7. The van der Waals surface area contributed by atoms with Crippen molar-refractivity contribution in [3.05, 3.63) is 35.9 Å². The van der Waals surface area contributed by atoms with Crippen molar-refractivity contribution >= 4 is 30.2 Å². The van der Waals surface area contributed by atoms with Crippen LogP contribution in [0.5, 0.6) is 0 Å². The molecule has 0 unspecified atom stereocenters. The van der Waals surface area contributed by atoms with Crippen LogP contribution in [0.3, 0.4) is 0 Å². The lowest BCUT2D eigenvalue weighted by Crippen LogP contribution is -2.47. The Balaban J connectivity index is 1.44. The number of methoxy groups -OCH3 is 1. The second-order valence-corrected chi connectivity index (χ2v) is 13.0. The average Bonchev–Trinajstić information content (AvgIpc) is 3.58. The van der Waals surface area contributed by atoms with E-state index in [-0.39, 0.29) is 51.6 Å². The van der Waals surface area contributed by atoms with E-state index in [1.54, 1.807) is 41.5 Å². The summed E-state index contributed by atoms with van der Waals surface area (Å²) in [5.74, 6) is -0.810. The van der Waals surface area contributed by atoms with E-state index in [4.69, 9.17) is 37.9 Å². The highest BCUT2D eigenvalue weighted by molar-refractivity contribution is 6.01. The molecule has 2 aliphatic rings. The smallest absolute Gasteiger partial charge is 0.414 e. The lowest BCUT2D eigenvalue weighted by atomic mass is 10.1. The van der Waals surface area contributed by atoms with Crippen LogP contribution in [0, 0.1) is 0 Å². The van der Waals surface area contributed by atoms with E-state index in [1.807, 2.05) is 30.3 Å². The Hall–Kier alpha value is -3.99. The van der Waals surface area contributed by atoms with E-state index >= 15 is 0 Å². The molecule has 3 N–H and O–H groups in total. The summed E-state index contributed by atoms with van der Waals surface area (Å²) in [6, 6.07) is 8.02. The highest BCUT2D eigenvalue weighted by Crippen LogP contribution is 2.30. The largest absolute Gasteiger partial charge is 0.467 e. The van der Waals surface area contributed by atoms with Gasteiger partial charge in [-0.05, 0) is 53.5 Å². The number of rotatable bonds is 12. The molecule has 0 radical (unpaired) electrons. The molecular formula is C32H48N4O12. The minimum atomic E-state index is -1.11. The van der Waals surface area contributed by atoms with E-state index in [1.165, 1.54) is 7.11 Å². The van der Waals surface area contributed by atoms with E-state index in [0.717, 1.165) is 5.56 Å². The highest BCUT2D eigenvalue weighted by atomic mass is 16.6. The Morgan fingerprint density at radius 3 is 1.96 bits per heavy atom. The Kier molecular flexibility index (Phi) is 14.4. The number of hydrogen-bond donors (Lipinski definition) is 3. The van der Waals surface area contributed by atoms with E-state index < -0.39 is 59.8 Å². The van der Waals surface area contributed by atoms with Crippen molar-refractivity contribution in [3.63, 3.8) is 0 Å². The molecule has 48 heavy (non-hydrogen) atoms. The summed E-state index contributed by atoms with van der Waals surface area (Å²) in [7, 11) is 1.21. The van der Waals surface area contributed by atoms with E-state index in [2.05, 4.69) is 20.9 Å².